The van der Waals surface area contributed by atoms with Crippen LogP contribution in [-0.4, -0.2) is 22.0 Å². The van der Waals surface area contributed by atoms with Gasteiger partial charge in [-0.25, -0.2) is 5.43 Å². The van der Waals surface area contributed by atoms with Crippen LogP contribution in [0.2, 0.25) is 0 Å². The van der Waals surface area contributed by atoms with Crippen molar-refractivity contribution in [2.24, 2.45) is 5.10 Å². The average molecular weight is 430 g/mol. The molecule has 0 radical (unpaired) electrons. The summed E-state index contributed by atoms with van der Waals surface area (Å²) in [5.74, 6) is -0.610. The molecule has 0 fully saturated rings. The lowest BCUT2D eigenvalue weighted by Crippen LogP contribution is -2.17. The van der Waals surface area contributed by atoms with Crippen molar-refractivity contribution in [2.75, 3.05) is 0 Å². The van der Waals surface area contributed by atoms with Gasteiger partial charge in [-0.3, -0.25) is 19.9 Å². The number of nitrogens with one attached hydrogen (secondary N) is 1. The molecule has 0 spiro atoms. The zero-order valence-corrected chi connectivity index (χ0v) is 15.5. The van der Waals surface area contributed by atoms with Gasteiger partial charge in [-0.15, -0.1) is 0 Å². The van der Waals surface area contributed by atoms with Crippen molar-refractivity contribution < 1.29 is 27.6 Å². The summed E-state index contributed by atoms with van der Waals surface area (Å²) in [6.07, 6.45) is -0.435. The first kappa shape index (κ1) is 21.4. The Balaban J connectivity index is 1.68. The number of amides is 1. The van der Waals surface area contributed by atoms with Gasteiger partial charge in [-0.1, -0.05) is 0 Å². The predicted molar refractivity (Wildman–Crippen MR) is 104 cm³/mol. The molecule has 0 aliphatic rings. The average Bonchev–Trinajstić information content (AvgIpc) is 2.75. The molecule has 2 aromatic carbocycles. The number of aromatic nitrogens is 1. The Hall–Kier alpha value is -4.28. The first-order valence-electron chi connectivity index (χ1n) is 8.61. The molecule has 0 aliphatic heterocycles. The highest BCUT2D eigenvalue weighted by Gasteiger charge is 2.33. The normalized spacial score (nSPS) is 11.3. The molecule has 3 rings (SSSR count). The number of ether oxygens (including phenoxy) is 1. The smallest absolute Gasteiger partial charge is 0.416 e. The Labute approximate surface area is 173 Å². The van der Waals surface area contributed by atoms with E-state index in [-0.39, 0.29) is 11.5 Å². The summed E-state index contributed by atoms with van der Waals surface area (Å²) in [5.41, 5.74) is 1.28. The second-order valence-corrected chi connectivity index (χ2v) is 6.05. The van der Waals surface area contributed by atoms with Crippen LogP contribution in [-0.2, 0) is 6.18 Å². The van der Waals surface area contributed by atoms with Crippen molar-refractivity contribution in [1.82, 2.24) is 10.4 Å². The molecule has 0 unspecified atom stereocenters. The first-order chi connectivity index (χ1) is 14.7. The van der Waals surface area contributed by atoms with E-state index in [4.69, 9.17) is 4.74 Å². The second kappa shape index (κ2) is 9.03. The van der Waals surface area contributed by atoms with E-state index in [1.54, 1.807) is 24.3 Å². The Morgan fingerprint density at radius 3 is 2.52 bits per heavy atom. The number of hydrogen-bond acceptors (Lipinski definition) is 6. The van der Waals surface area contributed by atoms with E-state index in [1.807, 2.05) is 0 Å². The Kier molecular flexibility index (Phi) is 6.24. The van der Waals surface area contributed by atoms with Gasteiger partial charge >= 0.3 is 11.9 Å². The van der Waals surface area contributed by atoms with Crippen LogP contribution in [0.3, 0.4) is 0 Å². The molecular weight excluding hydrogens is 417 g/mol. The first-order valence-corrected chi connectivity index (χ1v) is 8.61. The van der Waals surface area contributed by atoms with E-state index >= 15 is 0 Å². The number of hydrogen-bond donors (Lipinski definition) is 1. The third-order valence-corrected chi connectivity index (χ3v) is 3.89. The quantitative estimate of drug-likeness (QED) is 0.350. The maximum atomic E-state index is 12.8. The van der Waals surface area contributed by atoms with Gasteiger partial charge in [0.25, 0.3) is 5.91 Å². The maximum absolute atomic E-state index is 12.8. The summed E-state index contributed by atoms with van der Waals surface area (Å²) >= 11 is 0. The highest BCUT2D eigenvalue weighted by atomic mass is 19.4. The molecule has 0 saturated carbocycles. The molecule has 0 bridgehead atoms. The van der Waals surface area contributed by atoms with E-state index in [2.05, 4.69) is 15.5 Å². The number of alkyl halides is 3. The van der Waals surface area contributed by atoms with Crippen LogP contribution in [0.4, 0.5) is 18.9 Å². The van der Waals surface area contributed by atoms with Gasteiger partial charge in [0.1, 0.15) is 5.75 Å². The number of hydrazone groups is 1. The van der Waals surface area contributed by atoms with E-state index in [1.165, 1.54) is 30.7 Å². The number of carbonyl (C=O) groups excluding carboxylic acids is 1. The molecule has 1 aromatic heterocycles. The molecule has 11 heteroatoms. The monoisotopic (exact) mass is 430 g/mol. The lowest BCUT2D eigenvalue weighted by molar-refractivity contribution is -0.385. The van der Waals surface area contributed by atoms with Crippen molar-refractivity contribution in [3.8, 4) is 11.5 Å². The number of nitro benzene ring substituents is 1. The second-order valence-electron chi connectivity index (χ2n) is 6.05. The zero-order chi connectivity index (χ0) is 22.4. The number of nitro groups is 1. The van der Waals surface area contributed by atoms with Crippen molar-refractivity contribution in [3.05, 3.63) is 93.8 Å². The fraction of sp³-hybridized carbons (Fsp3) is 0.0500. The molecular formula is C20H13F3N4O4. The minimum Gasteiger partial charge on any atom is -0.450 e. The Morgan fingerprint density at radius 2 is 1.90 bits per heavy atom. The van der Waals surface area contributed by atoms with Crippen LogP contribution < -0.4 is 10.2 Å². The fourth-order valence-electron chi connectivity index (χ4n) is 2.40. The number of rotatable bonds is 6. The van der Waals surface area contributed by atoms with Gasteiger partial charge in [-0.05, 0) is 54.1 Å². The maximum Gasteiger partial charge on any atom is 0.416 e. The molecule has 1 N–H and O–H groups in total. The van der Waals surface area contributed by atoms with Crippen LogP contribution in [0.25, 0.3) is 0 Å². The minimum absolute atomic E-state index is 0.166. The third kappa shape index (κ3) is 5.63. The van der Waals surface area contributed by atoms with Gasteiger partial charge in [-0.2, -0.15) is 18.3 Å². The number of nitrogens with zero attached hydrogens (tertiary/aromatic N) is 3. The summed E-state index contributed by atoms with van der Waals surface area (Å²) in [4.78, 5) is 25.9. The van der Waals surface area contributed by atoms with E-state index in [0.717, 1.165) is 6.07 Å². The van der Waals surface area contributed by atoms with E-state index < -0.39 is 28.3 Å². The Bertz CT molecular complexity index is 1120. The number of halogens is 3. The molecule has 1 amide bonds. The molecule has 0 saturated heterocycles. The standard InChI is InChI=1S/C20H13F3N4O4/c21-20(22,23)15-5-8-18(17(10-15)27(29)30)31-16-6-3-13(4-7-16)11-25-26-19(28)14-2-1-9-24-12-14/h1-12H,(H,26,28). The SMILES string of the molecule is O=C(NN=Cc1ccc(Oc2ccc(C(F)(F)F)cc2[N+](=O)[O-])cc1)c1cccnc1. The van der Waals surface area contributed by atoms with Crippen LogP contribution in [0.1, 0.15) is 21.5 Å². The number of pyridine rings is 1. The summed E-state index contributed by atoms with van der Waals surface area (Å²) in [6, 6.07) is 11.2. The van der Waals surface area contributed by atoms with Gasteiger partial charge in [0.15, 0.2) is 0 Å². The summed E-state index contributed by atoms with van der Waals surface area (Å²) in [5, 5.41) is 14.9. The largest absolute Gasteiger partial charge is 0.450 e. The van der Waals surface area contributed by atoms with Crippen molar-refractivity contribution in [1.29, 1.82) is 0 Å². The number of carbonyl (C=O) groups is 1. The molecule has 8 nitrogen and oxygen atoms in total. The summed E-state index contributed by atoms with van der Waals surface area (Å²) in [6.45, 7) is 0. The number of benzene rings is 2. The van der Waals surface area contributed by atoms with Gasteiger partial charge < -0.3 is 4.74 Å². The lowest BCUT2D eigenvalue weighted by atomic mass is 10.2. The molecule has 3 aromatic rings. The van der Waals surface area contributed by atoms with E-state index in [0.29, 0.717) is 23.3 Å². The van der Waals surface area contributed by atoms with Crippen LogP contribution in [0.15, 0.2) is 72.1 Å². The molecule has 1 heterocycles. The van der Waals surface area contributed by atoms with Crippen LogP contribution in [0, 0.1) is 10.1 Å². The van der Waals surface area contributed by atoms with E-state index in [9.17, 15) is 28.1 Å². The molecule has 31 heavy (non-hydrogen) atoms. The van der Waals surface area contributed by atoms with Gasteiger partial charge in [0.2, 0.25) is 5.75 Å². The zero-order valence-electron chi connectivity index (χ0n) is 15.5. The minimum atomic E-state index is -4.71. The highest BCUT2D eigenvalue weighted by molar-refractivity contribution is 5.94. The summed E-state index contributed by atoms with van der Waals surface area (Å²) < 4.78 is 43.7. The Morgan fingerprint density at radius 1 is 1.16 bits per heavy atom. The molecule has 158 valence electrons. The van der Waals surface area contributed by atoms with Gasteiger partial charge in [0, 0.05) is 18.5 Å². The van der Waals surface area contributed by atoms with Crippen LogP contribution in [0.5, 0.6) is 11.5 Å². The van der Waals surface area contributed by atoms with Gasteiger partial charge in [0.05, 0.1) is 22.3 Å². The lowest BCUT2D eigenvalue weighted by Gasteiger charge is -2.10. The molecule has 0 atom stereocenters. The third-order valence-electron chi connectivity index (χ3n) is 3.89. The topological polar surface area (TPSA) is 107 Å². The molecule has 0 aliphatic carbocycles. The van der Waals surface area contributed by atoms with Crippen molar-refractivity contribution in [2.45, 2.75) is 6.18 Å². The highest BCUT2D eigenvalue weighted by Crippen LogP contribution is 2.37. The summed E-state index contributed by atoms with van der Waals surface area (Å²) in [7, 11) is 0. The fourth-order valence-corrected chi connectivity index (χ4v) is 2.40. The van der Waals surface area contributed by atoms with Crippen molar-refractivity contribution in [3.63, 3.8) is 0 Å². The van der Waals surface area contributed by atoms with Crippen LogP contribution >= 0.6 is 0 Å². The predicted octanol–water partition coefficient (Wildman–Crippen LogP) is 4.56. The van der Waals surface area contributed by atoms with Crippen molar-refractivity contribution >= 4 is 17.8 Å².